The molecule has 18 heavy (non-hydrogen) atoms. The van der Waals surface area contributed by atoms with Gasteiger partial charge < -0.3 is 10.4 Å². The molecular weight excluding hydrogens is 268 g/mol. The fraction of sp³-hybridized carbons (Fsp3) is 0.333. The Hall–Kier alpha value is -1.11. The number of benzene rings is 1. The van der Waals surface area contributed by atoms with Crippen LogP contribution in [0.1, 0.15) is 6.92 Å². The standard InChI is InChI=1S/C12H14N2O2S2/c1-8(6-15)17-7-11(16)14-12-13-9-4-2-3-5-10(9)18-12/h2-5,8,15H,6-7H2,1H3,(H,13,14,16). The number of anilines is 1. The lowest BCUT2D eigenvalue weighted by atomic mass is 10.3. The average Bonchev–Trinajstić information content (AvgIpc) is 2.77. The Morgan fingerprint density at radius 2 is 2.33 bits per heavy atom. The first-order chi connectivity index (χ1) is 8.69. The van der Waals surface area contributed by atoms with E-state index in [-0.39, 0.29) is 17.8 Å². The van der Waals surface area contributed by atoms with E-state index >= 15 is 0 Å². The third kappa shape index (κ3) is 3.44. The predicted octanol–water partition coefficient (Wildman–Crippen LogP) is 2.35. The molecule has 96 valence electrons. The Kier molecular flexibility index (Phi) is 4.57. The van der Waals surface area contributed by atoms with Crippen LogP contribution in [0.15, 0.2) is 24.3 Å². The normalized spacial score (nSPS) is 12.6. The van der Waals surface area contributed by atoms with Crippen LogP contribution in [0, 0.1) is 0 Å². The summed E-state index contributed by atoms with van der Waals surface area (Å²) in [4.78, 5) is 16.0. The summed E-state index contributed by atoms with van der Waals surface area (Å²) in [7, 11) is 0. The first kappa shape index (κ1) is 13.3. The van der Waals surface area contributed by atoms with Crippen molar-refractivity contribution in [1.29, 1.82) is 0 Å². The summed E-state index contributed by atoms with van der Waals surface area (Å²) >= 11 is 2.89. The molecule has 0 bridgehead atoms. The highest BCUT2D eigenvalue weighted by Crippen LogP contribution is 2.25. The molecule has 1 aromatic carbocycles. The van der Waals surface area contributed by atoms with Crippen molar-refractivity contribution in [3.8, 4) is 0 Å². The molecule has 1 heterocycles. The summed E-state index contributed by atoms with van der Waals surface area (Å²) in [5.74, 6) is 0.247. The van der Waals surface area contributed by atoms with Gasteiger partial charge in [-0.3, -0.25) is 4.79 Å². The molecule has 2 N–H and O–H groups in total. The smallest absolute Gasteiger partial charge is 0.236 e. The maximum Gasteiger partial charge on any atom is 0.236 e. The lowest BCUT2D eigenvalue weighted by molar-refractivity contribution is -0.113. The summed E-state index contributed by atoms with van der Waals surface area (Å²) in [6.07, 6.45) is 0. The number of hydrogen-bond donors (Lipinski definition) is 2. The van der Waals surface area contributed by atoms with Crippen molar-refractivity contribution in [2.75, 3.05) is 17.7 Å². The molecule has 2 rings (SSSR count). The largest absolute Gasteiger partial charge is 0.395 e. The second kappa shape index (κ2) is 6.17. The highest BCUT2D eigenvalue weighted by molar-refractivity contribution is 8.00. The summed E-state index contributed by atoms with van der Waals surface area (Å²) in [5.41, 5.74) is 0.897. The molecule has 0 aliphatic heterocycles. The number of nitrogens with one attached hydrogen (secondary N) is 1. The molecule has 1 aromatic heterocycles. The maximum absolute atomic E-state index is 11.7. The van der Waals surface area contributed by atoms with Crippen LogP contribution < -0.4 is 5.32 Å². The molecule has 0 saturated carbocycles. The van der Waals surface area contributed by atoms with E-state index in [1.165, 1.54) is 23.1 Å². The van der Waals surface area contributed by atoms with Gasteiger partial charge in [-0.25, -0.2) is 4.98 Å². The number of nitrogens with zero attached hydrogens (tertiary/aromatic N) is 1. The molecule has 1 atom stereocenters. The second-order valence-electron chi connectivity index (χ2n) is 3.84. The minimum Gasteiger partial charge on any atom is -0.395 e. The van der Waals surface area contributed by atoms with Crippen molar-refractivity contribution in [3.63, 3.8) is 0 Å². The molecule has 1 unspecified atom stereocenters. The van der Waals surface area contributed by atoms with Crippen molar-refractivity contribution in [1.82, 2.24) is 4.98 Å². The van der Waals surface area contributed by atoms with Crippen LogP contribution in [0.5, 0.6) is 0 Å². The Balaban J connectivity index is 1.94. The zero-order valence-electron chi connectivity index (χ0n) is 9.92. The number of aliphatic hydroxyl groups is 1. The van der Waals surface area contributed by atoms with Crippen molar-refractivity contribution in [2.45, 2.75) is 12.2 Å². The van der Waals surface area contributed by atoms with Gasteiger partial charge in [-0.15, -0.1) is 11.8 Å². The Bertz CT molecular complexity index is 509. The van der Waals surface area contributed by atoms with Gasteiger partial charge in [-0.05, 0) is 12.1 Å². The van der Waals surface area contributed by atoms with Crippen molar-refractivity contribution >= 4 is 44.4 Å². The first-order valence-corrected chi connectivity index (χ1v) is 7.43. The fourth-order valence-corrected chi connectivity index (χ4v) is 2.85. The second-order valence-corrected chi connectivity index (χ2v) is 6.30. The topological polar surface area (TPSA) is 62.2 Å². The van der Waals surface area contributed by atoms with Crippen LogP contribution in [0.3, 0.4) is 0 Å². The van der Waals surface area contributed by atoms with Gasteiger partial charge in [0.05, 0.1) is 22.6 Å². The molecule has 1 amide bonds. The van der Waals surface area contributed by atoms with Crippen molar-refractivity contribution in [3.05, 3.63) is 24.3 Å². The summed E-state index contributed by atoms with van der Waals surface area (Å²) < 4.78 is 1.06. The number of amides is 1. The molecule has 0 spiro atoms. The monoisotopic (exact) mass is 282 g/mol. The number of carbonyl (C=O) groups excluding carboxylic acids is 1. The molecule has 6 heteroatoms. The molecule has 2 aromatic rings. The van der Waals surface area contributed by atoms with Gasteiger partial charge in [0.1, 0.15) is 0 Å². The number of hydrogen-bond acceptors (Lipinski definition) is 5. The maximum atomic E-state index is 11.7. The highest BCUT2D eigenvalue weighted by atomic mass is 32.2. The van der Waals surface area contributed by atoms with Crippen molar-refractivity contribution in [2.24, 2.45) is 0 Å². The number of rotatable bonds is 5. The number of fused-ring (bicyclic) bond motifs is 1. The van der Waals surface area contributed by atoms with E-state index in [0.29, 0.717) is 10.9 Å². The summed E-state index contributed by atoms with van der Waals surface area (Å²) in [5, 5.41) is 12.3. The van der Waals surface area contributed by atoms with Crippen LogP contribution >= 0.6 is 23.1 Å². The summed E-state index contributed by atoms with van der Waals surface area (Å²) in [6, 6.07) is 7.77. The zero-order valence-corrected chi connectivity index (χ0v) is 11.6. The molecule has 0 aliphatic rings. The van der Waals surface area contributed by atoms with Gasteiger partial charge >= 0.3 is 0 Å². The number of carbonyl (C=O) groups is 1. The lowest BCUT2D eigenvalue weighted by Gasteiger charge is -2.06. The molecule has 0 radical (unpaired) electrons. The molecule has 0 saturated heterocycles. The average molecular weight is 282 g/mol. The van der Waals surface area contributed by atoms with E-state index in [1.54, 1.807) is 0 Å². The summed E-state index contributed by atoms with van der Waals surface area (Å²) in [6.45, 7) is 1.97. The van der Waals surface area contributed by atoms with Crippen molar-refractivity contribution < 1.29 is 9.90 Å². The molecule has 0 fully saturated rings. The van der Waals surface area contributed by atoms with Gasteiger partial charge in [-0.2, -0.15) is 0 Å². The fourth-order valence-electron chi connectivity index (χ4n) is 1.35. The predicted molar refractivity (Wildman–Crippen MR) is 77.3 cm³/mol. The number of para-hydroxylation sites is 1. The molecule has 4 nitrogen and oxygen atoms in total. The SMILES string of the molecule is CC(CO)SCC(=O)Nc1nc2ccccc2s1. The van der Waals surface area contributed by atoms with Gasteiger partial charge in [-0.1, -0.05) is 30.4 Å². The van der Waals surface area contributed by atoms with Gasteiger partial charge in [0.2, 0.25) is 5.91 Å². The number of thiazole rings is 1. The zero-order chi connectivity index (χ0) is 13.0. The van der Waals surface area contributed by atoms with E-state index in [2.05, 4.69) is 10.3 Å². The number of aliphatic hydroxyl groups excluding tert-OH is 1. The third-order valence-electron chi connectivity index (χ3n) is 2.30. The van der Waals surface area contributed by atoms with Crippen LogP contribution in [0.2, 0.25) is 0 Å². The first-order valence-electron chi connectivity index (χ1n) is 5.57. The third-order valence-corrected chi connectivity index (χ3v) is 4.40. The quantitative estimate of drug-likeness (QED) is 0.883. The molecular formula is C12H14N2O2S2. The van der Waals surface area contributed by atoms with E-state index in [4.69, 9.17) is 5.11 Å². The lowest BCUT2D eigenvalue weighted by Crippen LogP contribution is -2.16. The van der Waals surface area contributed by atoms with E-state index in [1.807, 2.05) is 31.2 Å². The Morgan fingerprint density at radius 3 is 3.06 bits per heavy atom. The minimum atomic E-state index is -0.0839. The number of thioether (sulfide) groups is 1. The van der Waals surface area contributed by atoms with Gasteiger partial charge in [0.25, 0.3) is 0 Å². The van der Waals surface area contributed by atoms with E-state index in [9.17, 15) is 4.79 Å². The number of aromatic nitrogens is 1. The molecule has 0 aliphatic carbocycles. The Morgan fingerprint density at radius 1 is 1.56 bits per heavy atom. The van der Waals surface area contributed by atoms with E-state index in [0.717, 1.165) is 10.2 Å². The van der Waals surface area contributed by atoms with Gasteiger partial charge in [0, 0.05) is 5.25 Å². The minimum absolute atomic E-state index is 0.0751. The van der Waals surface area contributed by atoms with Crippen LogP contribution in [0.25, 0.3) is 10.2 Å². The Labute approximate surface area is 113 Å². The van der Waals surface area contributed by atoms with Gasteiger partial charge in [0.15, 0.2) is 5.13 Å². The van der Waals surface area contributed by atoms with Crippen LogP contribution in [0.4, 0.5) is 5.13 Å². The van der Waals surface area contributed by atoms with Crippen LogP contribution in [-0.2, 0) is 4.79 Å². The van der Waals surface area contributed by atoms with E-state index < -0.39 is 0 Å². The highest BCUT2D eigenvalue weighted by Gasteiger charge is 2.09. The van der Waals surface area contributed by atoms with Crippen LogP contribution in [-0.4, -0.2) is 33.6 Å².